The summed E-state index contributed by atoms with van der Waals surface area (Å²) < 4.78 is 25.0. The lowest BCUT2D eigenvalue weighted by molar-refractivity contribution is -0.140. The number of anilines is 1. The average molecular weight is 407 g/mol. The molecule has 1 aliphatic carbocycles. The molecule has 1 saturated heterocycles. The predicted octanol–water partition coefficient (Wildman–Crippen LogP) is 1.24. The normalized spacial score (nSPS) is 22.1. The summed E-state index contributed by atoms with van der Waals surface area (Å²) in [6.45, 7) is 0.331. The number of carbonyl (C=O) groups is 3. The Labute approximate surface area is 164 Å². The number of benzene rings is 1. The van der Waals surface area contributed by atoms with E-state index in [-0.39, 0.29) is 49.1 Å². The second-order valence-corrected chi connectivity index (χ2v) is 9.18. The Morgan fingerprint density at radius 2 is 1.79 bits per heavy atom. The van der Waals surface area contributed by atoms with Crippen LogP contribution in [0.2, 0.25) is 0 Å². The van der Waals surface area contributed by atoms with Gasteiger partial charge in [-0.1, -0.05) is 25.0 Å². The fraction of sp³-hybridized carbons (Fsp3) is 0.526. The summed E-state index contributed by atoms with van der Waals surface area (Å²) in [6.07, 6.45) is 4.59. The first-order valence-electron chi connectivity index (χ1n) is 9.43. The van der Waals surface area contributed by atoms with Gasteiger partial charge in [0.15, 0.2) is 0 Å². The van der Waals surface area contributed by atoms with Crippen LogP contribution in [0.15, 0.2) is 24.3 Å². The van der Waals surface area contributed by atoms with Crippen molar-refractivity contribution in [1.29, 1.82) is 0 Å². The van der Waals surface area contributed by atoms with Gasteiger partial charge in [0.25, 0.3) is 0 Å². The van der Waals surface area contributed by atoms with E-state index in [1.807, 2.05) is 0 Å². The zero-order chi connectivity index (χ0) is 20.3. The van der Waals surface area contributed by atoms with Crippen LogP contribution in [0.3, 0.4) is 0 Å². The Balaban J connectivity index is 1.49. The molecule has 152 valence electrons. The van der Waals surface area contributed by atoms with Crippen LogP contribution in [0.5, 0.6) is 0 Å². The van der Waals surface area contributed by atoms with Gasteiger partial charge in [0.1, 0.15) is 0 Å². The molecule has 0 bridgehead atoms. The van der Waals surface area contributed by atoms with Crippen molar-refractivity contribution in [2.45, 2.75) is 38.6 Å². The van der Waals surface area contributed by atoms with E-state index >= 15 is 0 Å². The number of hydrogen-bond acceptors (Lipinski definition) is 5. The van der Waals surface area contributed by atoms with Crippen molar-refractivity contribution < 1.29 is 22.8 Å². The van der Waals surface area contributed by atoms with Crippen LogP contribution in [0.25, 0.3) is 0 Å². The van der Waals surface area contributed by atoms with Gasteiger partial charge in [0, 0.05) is 25.2 Å². The number of amides is 3. The van der Waals surface area contributed by atoms with Crippen LogP contribution < -0.4 is 10.0 Å². The van der Waals surface area contributed by atoms with Crippen LogP contribution in [0, 0.1) is 11.8 Å². The summed E-state index contributed by atoms with van der Waals surface area (Å²) in [7, 11) is -3.37. The maximum Gasteiger partial charge on any atom is 0.233 e. The molecule has 2 unspecified atom stereocenters. The van der Waals surface area contributed by atoms with Crippen molar-refractivity contribution in [3.63, 3.8) is 0 Å². The largest absolute Gasteiger partial charge is 0.352 e. The molecule has 3 rings (SSSR count). The summed E-state index contributed by atoms with van der Waals surface area (Å²) >= 11 is 0. The van der Waals surface area contributed by atoms with E-state index in [9.17, 15) is 22.8 Å². The molecule has 0 spiro atoms. The smallest absolute Gasteiger partial charge is 0.233 e. The van der Waals surface area contributed by atoms with Gasteiger partial charge >= 0.3 is 0 Å². The molecule has 8 nitrogen and oxygen atoms in total. The average Bonchev–Trinajstić information content (AvgIpc) is 2.88. The van der Waals surface area contributed by atoms with E-state index in [4.69, 9.17) is 0 Å². The van der Waals surface area contributed by atoms with Crippen LogP contribution >= 0.6 is 0 Å². The summed E-state index contributed by atoms with van der Waals surface area (Å²) in [5.74, 6) is -0.940. The minimum Gasteiger partial charge on any atom is -0.352 e. The van der Waals surface area contributed by atoms with E-state index in [2.05, 4.69) is 10.0 Å². The monoisotopic (exact) mass is 407 g/mol. The molecule has 2 atom stereocenters. The van der Waals surface area contributed by atoms with Crippen molar-refractivity contribution in [2.24, 2.45) is 11.8 Å². The molecule has 28 heavy (non-hydrogen) atoms. The maximum absolute atomic E-state index is 12.4. The van der Waals surface area contributed by atoms with E-state index in [0.29, 0.717) is 5.69 Å². The highest BCUT2D eigenvalue weighted by atomic mass is 32.2. The van der Waals surface area contributed by atoms with Crippen molar-refractivity contribution in [3.05, 3.63) is 29.8 Å². The maximum atomic E-state index is 12.4. The lowest BCUT2D eigenvalue weighted by Crippen LogP contribution is -2.35. The number of likely N-dealkylation sites (tertiary alicyclic amines) is 1. The third-order valence-electron chi connectivity index (χ3n) is 5.21. The molecule has 2 fully saturated rings. The Bertz CT molecular complexity index is 859. The first-order valence-corrected chi connectivity index (χ1v) is 11.3. The third-order valence-corrected chi connectivity index (χ3v) is 5.82. The van der Waals surface area contributed by atoms with Gasteiger partial charge < -0.3 is 5.32 Å². The standard InChI is InChI=1S/C19H25N3O5S/c1-28(26,27)21-14-6-4-5-13(11-14)12-20-17(23)9-10-22-18(24)15-7-2-3-8-16(15)19(22)25/h4-6,11,15-16,21H,2-3,7-10,12H2,1H3,(H,20,23). The summed E-state index contributed by atoms with van der Waals surface area (Å²) in [5, 5.41) is 2.74. The zero-order valence-electron chi connectivity index (χ0n) is 15.8. The van der Waals surface area contributed by atoms with Crippen LogP contribution in [0.1, 0.15) is 37.7 Å². The number of imide groups is 1. The first-order chi connectivity index (χ1) is 13.2. The molecule has 0 radical (unpaired) electrons. The second kappa shape index (κ2) is 8.30. The number of rotatable bonds is 7. The van der Waals surface area contributed by atoms with Gasteiger partial charge in [-0.3, -0.25) is 24.0 Å². The first kappa shape index (κ1) is 20.3. The van der Waals surface area contributed by atoms with Gasteiger partial charge in [0.2, 0.25) is 27.7 Å². The molecule has 2 aliphatic rings. The number of nitrogens with one attached hydrogen (secondary N) is 2. The van der Waals surface area contributed by atoms with E-state index < -0.39 is 10.0 Å². The Hall–Kier alpha value is -2.42. The third kappa shape index (κ3) is 4.89. The predicted molar refractivity (Wildman–Crippen MR) is 104 cm³/mol. The molecular weight excluding hydrogens is 382 g/mol. The van der Waals surface area contributed by atoms with Gasteiger partial charge in [0.05, 0.1) is 18.1 Å². The summed E-state index contributed by atoms with van der Waals surface area (Å²) in [4.78, 5) is 38.2. The van der Waals surface area contributed by atoms with Crippen LogP contribution in [-0.4, -0.2) is 43.8 Å². The van der Waals surface area contributed by atoms with Gasteiger partial charge in [-0.2, -0.15) is 0 Å². The Morgan fingerprint density at radius 1 is 1.14 bits per heavy atom. The molecule has 1 heterocycles. The molecule has 3 amide bonds. The minimum atomic E-state index is -3.37. The highest BCUT2D eigenvalue weighted by Crippen LogP contribution is 2.37. The lowest BCUT2D eigenvalue weighted by atomic mass is 9.81. The fourth-order valence-electron chi connectivity index (χ4n) is 3.91. The summed E-state index contributed by atoms with van der Waals surface area (Å²) in [6, 6.07) is 6.72. The minimum absolute atomic E-state index is 0.0538. The summed E-state index contributed by atoms with van der Waals surface area (Å²) in [5.41, 5.74) is 1.16. The van der Waals surface area contributed by atoms with Crippen molar-refractivity contribution >= 4 is 33.4 Å². The molecular formula is C19H25N3O5S. The highest BCUT2D eigenvalue weighted by molar-refractivity contribution is 7.92. The van der Waals surface area contributed by atoms with E-state index in [0.717, 1.165) is 37.5 Å². The second-order valence-electron chi connectivity index (χ2n) is 7.43. The van der Waals surface area contributed by atoms with E-state index in [1.54, 1.807) is 24.3 Å². The molecule has 9 heteroatoms. The Morgan fingerprint density at radius 3 is 2.39 bits per heavy atom. The number of hydrogen-bond donors (Lipinski definition) is 2. The number of carbonyl (C=O) groups excluding carboxylic acids is 3. The van der Waals surface area contributed by atoms with Gasteiger partial charge in [-0.25, -0.2) is 8.42 Å². The van der Waals surface area contributed by atoms with Crippen molar-refractivity contribution in [1.82, 2.24) is 10.2 Å². The number of nitrogens with zero attached hydrogens (tertiary/aromatic N) is 1. The fourth-order valence-corrected chi connectivity index (χ4v) is 4.47. The Kier molecular flexibility index (Phi) is 6.02. The molecule has 1 aromatic carbocycles. The number of fused-ring (bicyclic) bond motifs is 1. The van der Waals surface area contributed by atoms with Crippen LogP contribution in [0.4, 0.5) is 5.69 Å². The molecule has 2 N–H and O–H groups in total. The zero-order valence-corrected chi connectivity index (χ0v) is 16.6. The van der Waals surface area contributed by atoms with Gasteiger partial charge in [-0.05, 0) is 30.5 Å². The number of sulfonamides is 1. The van der Waals surface area contributed by atoms with Gasteiger partial charge in [-0.15, -0.1) is 0 Å². The quantitative estimate of drug-likeness (QED) is 0.661. The topological polar surface area (TPSA) is 113 Å². The highest BCUT2D eigenvalue weighted by Gasteiger charge is 2.47. The lowest BCUT2D eigenvalue weighted by Gasteiger charge is -2.19. The molecule has 0 aromatic heterocycles. The van der Waals surface area contributed by atoms with Crippen molar-refractivity contribution in [2.75, 3.05) is 17.5 Å². The SMILES string of the molecule is CS(=O)(=O)Nc1cccc(CNC(=O)CCN2C(=O)C3CCCCC3C2=O)c1. The molecule has 1 saturated carbocycles. The molecule has 1 aliphatic heterocycles. The van der Waals surface area contributed by atoms with E-state index in [1.165, 1.54) is 4.90 Å². The molecule has 1 aromatic rings. The van der Waals surface area contributed by atoms with Crippen molar-refractivity contribution in [3.8, 4) is 0 Å². The van der Waals surface area contributed by atoms with Crippen LogP contribution in [-0.2, 0) is 31.0 Å².